The van der Waals surface area contributed by atoms with Gasteiger partial charge in [0.25, 0.3) is 0 Å². The average Bonchev–Trinajstić information content (AvgIpc) is 2.89. The third kappa shape index (κ3) is 3.72. The normalized spacial score (nSPS) is 23.8. The van der Waals surface area contributed by atoms with E-state index >= 15 is 0 Å². The summed E-state index contributed by atoms with van der Waals surface area (Å²) < 4.78 is 11.5. The van der Waals surface area contributed by atoms with Gasteiger partial charge in [0.1, 0.15) is 5.75 Å². The zero-order chi connectivity index (χ0) is 14.4. The van der Waals surface area contributed by atoms with Gasteiger partial charge in [0, 0.05) is 31.3 Å². The van der Waals surface area contributed by atoms with Crippen molar-refractivity contribution in [3.63, 3.8) is 0 Å². The van der Waals surface area contributed by atoms with E-state index in [0.717, 1.165) is 37.3 Å². The lowest BCUT2D eigenvalue weighted by atomic mass is 10.0. The number of nitrogens with two attached hydrogens (primary N) is 1. The fourth-order valence-electron chi connectivity index (χ4n) is 2.69. The van der Waals surface area contributed by atoms with E-state index in [0.29, 0.717) is 13.2 Å². The summed E-state index contributed by atoms with van der Waals surface area (Å²) in [6, 6.07) is 8.18. The fourth-order valence-corrected chi connectivity index (χ4v) is 2.69. The Kier molecular flexibility index (Phi) is 5.40. The average molecular weight is 278 g/mol. The molecule has 1 aromatic carbocycles. The van der Waals surface area contributed by atoms with Gasteiger partial charge in [0.2, 0.25) is 0 Å². The van der Waals surface area contributed by atoms with Gasteiger partial charge in [-0.3, -0.25) is 0 Å². The highest BCUT2D eigenvalue weighted by Crippen LogP contribution is 2.27. The molecule has 0 aliphatic carbocycles. The zero-order valence-corrected chi connectivity index (χ0v) is 12.5. The zero-order valence-electron chi connectivity index (χ0n) is 12.5. The lowest BCUT2D eigenvalue weighted by molar-refractivity contribution is 0.0188. The van der Waals surface area contributed by atoms with Gasteiger partial charge >= 0.3 is 0 Å². The molecule has 0 aromatic heterocycles. The summed E-state index contributed by atoms with van der Waals surface area (Å²) in [6.07, 6.45) is 2.24. The lowest BCUT2D eigenvalue weighted by Crippen LogP contribution is -2.41. The van der Waals surface area contributed by atoms with Crippen LogP contribution < -0.4 is 15.8 Å². The molecule has 112 valence electrons. The monoisotopic (exact) mass is 278 g/mol. The van der Waals surface area contributed by atoms with E-state index in [9.17, 15) is 0 Å². The maximum Gasteiger partial charge on any atom is 0.124 e. The van der Waals surface area contributed by atoms with Crippen molar-refractivity contribution in [2.75, 3.05) is 26.3 Å². The Morgan fingerprint density at radius 2 is 2.25 bits per heavy atom. The van der Waals surface area contributed by atoms with Crippen LogP contribution in [0.2, 0.25) is 0 Å². The summed E-state index contributed by atoms with van der Waals surface area (Å²) in [7, 11) is 0. The van der Waals surface area contributed by atoms with E-state index in [1.54, 1.807) is 0 Å². The van der Waals surface area contributed by atoms with Gasteiger partial charge < -0.3 is 20.5 Å². The standard InChI is InChI=1S/C16H26N2O2/c1-3-19-15-8-5-4-7-13(15)14(11-17)18-12-16(2)9-6-10-20-16/h4-5,7-8,14,18H,3,6,9-12,17H2,1-2H3. The number of hydrogen-bond acceptors (Lipinski definition) is 4. The minimum absolute atomic E-state index is 0.0615. The maximum atomic E-state index is 5.94. The van der Waals surface area contributed by atoms with E-state index in [4.69, 9.17) is 15.2 Å². The number of rotatable bonds is 7. The minimum atomic E-state index is -0.0615. The van der Waals surface area contributed by atoms with Crippen LogP contribution in [-0.4, -0.2) is 31.9 Å². The van der Waals surface area contributed by atoms with Gasteiger partial charge in [-0.15, -0.1) is 0 Å². The van der Waals surface area contributed by atoms with Crippen LogP contribution in [0.4, 0.5) is 0 Å². The van der Waals surface area contributed by atoms with Crippen LogP contribution in [0.15, 0.2) is 24.3 Å². The van der Waals surface area contributed by atoms with Crippen LogP contribution >= 0.6 is 0 Å². The molecule has 2 atom stereocenters. The fraction of sp³-hybridized carbons (Fsp3) is 0.625. The van der Waals surface area contributed by atoms with Crippen LogP contribution in [0.3, 0.4) is 0 Å². The van der Waals surface area contributed by atoms with E-state index in [1.165, 1.54) is 0 Å². The Hall–Kier alpha value is -1.10. The lowest BCUT2D eigenvalue weighted by Gasteiger charge is -2.28. The molecule has 20 heavy (non-hydrogen) atoms. The van der Waals surface area contributed by atoms with Crippen molar-refractivity contribution in [3.8, 4) is 5.75 Å². The van der Waals surface area contributed by atoms with Crippen molar-refractivity contribution >= 4 is 0 Å². The van der Waals surface area contributed by atoms with Crippen molar-refractivity contribution in [2.45, 2.75) is 38.3 Å². The molecule has 1 aromatic rings. The van der Waals surface area contributed by atoms with Crippen LogP contribution in [0.25, 0.3) is 0 Å². The molecule has 3 N–H and O–H groups in total. The number of hydrogen-bond donors (Lipinski definition) is 2. The summed E-state index contributed by atoms with van der Waals surface area (Å²) in [5.74, 6) is 0.912. The summed E-state index contributed by atoms with van der Waals surface area (Å²) in [5, 5.41) is 3.54. The number of para-hydroxylation sites is 1. The first-order valence-corrected chi connectivity index (χ1v) is 7.47. The van der Waals surface area contributed by atoms with Gasteiger partial charge in [-0.2, -0.15) is 0 Å². The molecule has 1 aliphatic rings. The molecule has 2 rings (SSSR count). The topological polar surface area (TPSA) is 56.5 Å². The second-order valence-corrected chi connectivity index (χ2v) is 5.54. The third-order valence-corrected chi connectivity index (χ3v) is 3.85. The largest absolute Gasteiger partial charge is 0.494 e. The van der Waals surface area contributed by atoms with Gasteiger partial charge in [0.15, 0.2) is 0 Å². The maximum absolute atomic E-state index is 5.94. The van der Waals surface area contributed by atoms with E-state index in [1.807, 2.05) is 25.1 Å². The first-order chi connectivity index (χ1) is 9.68. The molecule has 1 fully saturated rings. The van der Waals surface area contributed by atoms with Crippen LogP contribution in [0.5, 0.6) is 5.75 Å². The molecule has 1 aliphatic heterocycles. The van der Waals surface area contributed by atoms with E-state index in [-0.39, 0.29) is 11.6 Å². The van der Waals surface area contributed by atoms with E-state index < -0.39 is 0 Å². The summed E-state index contributed by atoms with van der Waals surface area (Å²) in [5.41, 5.74) is 7.00. The van der Waals surface area contributed by atoms with Crippen LogP contribution in [0, 0.1) is 0 Å². The van der Waals surface area contributed by atoms with E-state index in [2.05, 4.69) is 18.3 Å². The van der Waals surface area contributed by atoms with Crippen LogP contribution in [-0.2, 0) is 4.74 Å². The van der Waals surface area contributed by atoms with Gasteiger partial charge in [-0.1, -0.05) is 18.2 Å². The predicted molar refractivity (Wildman–Crippen MR) is 81.0 cm³/mol. The molecule has 1 heterocycles. The molecule has 0 saturated carbocycles. The molecular formula is C16H26N2O2. The molecule has 4 nitrogen and oxygen atoms in total. The molecule has 4 heteroatoms. The molecule has 2 unspecified atom stereocenters. The van der Waals surface area contributed by atoms with Crippen molar-refractivity contribution in [3.05, 3.63) is 29.8 Å². The SMILES string of the molecule is CCOc1ccccc1C(CN)NCC1(C)CCCO1. The molecular weight excluding hydrogens is 252 g/mol. The predicted octanol–water partition coefficient (Wildman–Crippen LogP) is 2.24. The summed E-state index contributed by atoms with van der Waals surface area (Å²) in [4.78, 5) is 0. The molecule has 0 bridgehead atoms. The summed E-state index contributed by atoms with van der Waals surface area (Å²) >= 11 is 0. The van der Waals surface area contributed by atoms with Crippen molar-refractivity contribution < 1.29 is 9.47 Å². The minimum Gasteiger partial charge on any atom is -0.494 e. The Bertz CT molecular complexity index is 417. The Morgan fingerprint density at radius 1 is 1.45 bits per heavy atom. The number of ether oxygens (including phenoxy) is 2. The molecule has 0 spiro atoms. The smallest absolute Gasteiger partial charge is 0.124 e. The van der Waals surface area contributed by atoms with Gasteiger partial charge in [-0.25, -0.2) is 0 Å². The third-order valence-electron chi connectivity index (χ3n) is 3.85. The van der Waals surface area contributed by atoms with Crippen LogP contribution in [0.1, 0.15) is 38.3 Å². The second-order valence-electron chi connectivity index (χ2n) is 5.54. The van der Waals surface area contributed by atoms with Crippen molar-refractivity contribution in [2.24, 2.45) is 5.73 Å². The molecule has 0 radical (unpaired) electrons. The highest BCUT2D eigenvalue weighted by atomic mass is 16.5. The van der Waals surface area contributed by atoms with Crippen molar-refractivity contribution in [1.29, 1.82) is 0 Å². The first kappa shape index (κ1) is 15.3. The highest BCUT2D eigenvalue weighted by molar-refractivity contribution is 5.36. The quantitative estimate of drug-likeness (QED) is 0.803. The van der Waals surface area contributed by atoms with Crippen molar-refractivity contribution in [1.82, 2.24) is 5.32 Å². The Balaban J connectivity index is 2.04. The van der Waals surface area contributed by atoms with Gasteiger partial charge in [0.05, 0.1) is 12.2 Å². The molecule has 0 amide bonds. The highest BCUT2D eigenvalue weighted by Gasteiger charge is 2.30. The first-order valence-electron chi connectivity index (χ1n) is 7.47. The number of benzene rings is 1. The molecule has 1 saturated heterocycles. The summed E-state index contributed by atoms with van der Waals surface area (Å²) in [6.45, 7) is 7.04. The Labute approximate surface area is 121 Å². The van der Waals surface area contributed by atoms with Gasteiger partial charge in [-0.05, 0) is 32.8 Å². The second kappa shape index (κ2) is 7.07. The number of nitrogens with one attached hydrogen (secondary N) is 1. The Morgan fingerprint density at radius 3 is 2.90 bits per heavy atom.